The molecule has 0 spiro atoms. The Morgan fingerprint density at radius 3 is 2.62 bits per heavy atom. The number of anilines is 1. The van der Waals surface area contributed by atoms with E-state index in [1.165, 1.54) is 0 Å². The van der Waals surface area contributed by atoms with Gasteiger partial charge in [-0.3, -0.25) is 9.89 Å². The third-order valence-corrected chi connectivity index (χ3v) is 5.21. The van der Waals surface area contributed by atoms with Gasteiger partial charge in [0.1, 0.15) is 11.6 Å². The van der Waals surface area contributed by atoms with Crippen LogP contribution in [0, 0.1) is 6.92 Å². The summed E-state index contributed by atoms with van der Waals surface area (Å²) in [7, 11) is 0. The lowest BCUT2D eigenvalue weighted by Gasteiger charge is -2.20. The van der Waals surface area contributed by atoms with Crippen molar-refractivity contribution in [2.24, 2.45) is 0 Å². The average molecular weight is 428 g/mol. The first kappa shape index (κ1) is 21.4. The number of pyridine rings is 1. The molecule has 7 nitrogen and oxygen atoms in total. The average Bonchev–Trinajstić information content (AvgIpc) is 3.23. The molecule has 32 heavy (non-hydrogen) atoms. The number of amides is 1. The molecule has 4 rings (SSSR count). The van der Waals surface area contributed by atoms with Gasteiger partial charge in [-0.25, -0.2) is 9.97 Å². The fraction of sp³-hybridized carbons (Fsp3) is 0.200. The van der Waals surface area contributed by atoms with Gasteiger partial charge < -0.3 is 10.4 Å². The number of hydrogen-bond donors (Lipinski definition) is 3. The van der Waals surface area contributed by atoms with Crippen LogP contribution in [0.25, 0.3) is 11.1 Å². The highest BCUT2D eigenvalue weighted by atomic mass is 16.3. The number of nitrogens with one attached hydrogen (secondary N) is 2. The summed E-state index contributed by atoms with van der Waals surface area (Å²) in [6, 6.07) is 19.4. The molecule has 0 atom stereocenters. The number of H-pyrrole nitrogens is 1. The molecule has 0 bridgehead atoms. The summed E-state index contributed by atoms with van der Waals surface area (Å²) in [6.07, 6.45) is 2.20. The molecule has 0 saturated heterocycles. The standard InChI is InChI=1S/C25H25N5O2/c1-16-9-10-19(25(2,3)32)15-20(16)18-11-12-26-21(14-18)28-24(31)23-27-22(29-30-23)13-17-7-5-4-6-8-17/h4-12,14-15,32H,13H2,1-3H3,(H,26,28,31)(H,27,29,30). The summed E-state index contributed by atoms with van der Waals surface area (Å²) in [5, 5.41) is 20.0. The second-order valence-electron chi connectivity index (χ2n) is 8.24. The maximum atomic E-state index is 12.7. The van der Waals surface area contributed by atoms with Crippen LogP contribution in [0.15, 0.2) is 66.9 Å². The second kappa shape index (κ2) is 8.72. The third-order valence-electron chi connectivity index (χ3n) is 5.21. The minimum Gasteiger partial charge on any atom is -0.386 e. The van der Waals surface area contributed by atoms with E-state index in [0.29, 0.717) is 18.1 Å². The summed E-state index contributed by atoms with van der Waals surface area (Å²) in [5.41, 5.74) is 3.85. The fourth-order valence-corrected chi connectivity index (χ4v) is 3.42. The van der Waals surface area contributed by atoms with Crippen molar-refractivity contribution >= 4 is 11.7 Å². The van der Waals surface area contributed by atoms with Crippen LogP contribution in [0.5, 0.6) is 0 Å². The van der Waals surface area contributed by atoms with Gasteiger partial charge in [-0.1, -0.05) is 42.5 Å². The molecule has 0 radical (unpaired) electrons. The number of carbonyl (C=O) groups excluding carboxylic acids is 1. The van der Waals surface area contributed by atoms with Crippen molar-refractivity contribution < 1.29 is 9.90 Å². The zero-order chi connectivity index (χ0) is 22.7. The predicted octanol–water partition coefficient (Wildman–Crippen LogP) is 4.25. The molecular weight excluding hydrogens is 402 g/mol. The van der Waals surface area contributed by atoms with E-state index in [0.717, 1.165) is 27.8 Å². The fourth-order valence-electron chi connectivity index (χ4n) is 3.42. The van der Waals surface area contributed by atoms with Crippen LogP contribution in [0.4, 0.5) is 5.82 Å². The molecule has 1 amide bonds. The van der Waals surface area contributed by atoms with Crippen molar-refractivity contribution in [1.29, 1.82) is 0 Å². The topological polar surface area (TPSA) is 104 Å². The molecule has 0 aliphatic rings. The maximum absolute atomic E-state index is 12.7. The van der Waals surface area contributed by atoms with Crippen LogP contribution < -0.4 is 5.32 Å². The number of nitrogens with zero attached hydrogens (tertiary/aromatic N) is 3. The Balaban J connectivity index is 1.52. The number of hydrogen-bond acceptors (Lipinski definition) is 5. The molecule has 0 saturated carbocycles. The summed E-state index contributed by atoms with van der Waals surface area (Å²) < 4.78 is 0. The zero-order valence-electron chi connectivity index (χ0n) is 18.3. The Hall–Kier alpha value is -3.84. The minimum absolute atomic E-state index is 0.0587. The highest BCUT2D eigenvalue weighted by Gasteiger charge is 2.18. The highest BCUT2D eigenvalue weighted by Crippen LogP contribution is 2.30. The monoisotopic (exact) mass is 427 g/mol. The van der Waals surface area contributed by atoms with Crippen LogP contribution in [-0.2, 0) is 12.0 Å². The lowest BCUT2D eigenvalue weighted by molar-refractivity contribution is 0.0786. The first-order valence-electron chi connectivity index (χ1n) is 10.4. The molecule has 162 valence electrons. The van der Waals surface area contributed by atoms with E-state index in [1.807, 2.05) is 61.5 Å². The SMILES string of the molecule is Cc1ccc(C(C)(C)O)cc1-c1ccnc(NC(=O)c2n[nH]c(Cc3ccccc3)n2)c1. The number of rotatable bonds is 6. The van der Waals surface area contributed by atoms with Gasteiger partial charge in [0, 0.05) is 12.6 Å². The molecule has 0 fully saturated rings. The molecule has 2 heterocycles. The Kier molecular flexibility index (Phi) is 5.83. The first-order valence-corrected chi connectivity index (χ1v) is 10.4. The summed E-state index contributed by atoms with van der Waals surface area (Å²) in [6.45, 7) is 5.51. The van der Waals surface area contributed by atoms with E-state index in [2.05, 4.69) is 25.5 Å². The lowest BCUT2D eigenvalue weighted by Crippen LogP contribution is -2.15. The van der Waals surface area contributed by atoms with E-state index < -0.39 is 11.5 Å². The Bertz CT molecular complexity index is 1240. The highest BCUT2D eigenvalue weighted by molar-refractivity contribution is 6.01. The van der Waals surface area contributed by atoms with Gasteiger partial charge in [0.15, 0.2) is 0 Å². The molecular formula is C25H25N5O2. The van der Waals surface area contributed by atoms with Crippen LogP contribution in [0.2, 0.25) is 0 Å². The van der Waals surface area contributed by atoms with Gasteiger partial charge in [-0.15, -0.1) is 5.10 Å². The predicted molar refractivity (Wildman–Crippen MR) is 123 cm³/mol. The molecule has 0 aliphatic carbocycles. The van der Waals surface area contributed by atoms with Crippen molar-refractivity contribution in [3.63, 3.8) is 0 Å². The van der Waals surface area contributed by atoms with Crippen molar-refractivity contribution in [3.8, 4) is 11.1 Å². The summed E-state index contributed by atoms with van der Waals surface area (Å²) >= 11 is 0. The smallest absolute Gasteiger partial charge is 0.296 e. The van der Waals surface area contributed by atoms with Gasteiger partial charge in [0.2, 0.25) is 5.82 Å². The number of aromatic amines is 1. The van der Waals surface area contributed by atoms with Gasteiger partial charge in [-0.05, 0) is 66.8 Å². The molecule has 4 aromatic rings. The summed E-state index contributed by atoms with van der Waals surface area (Å²) in [5.74, 6) is 0.632. The quantitative estimate of drug-likeness (QED) is 0.427. The Morgan fingerprint density at radius 1 is 1.09 bits per heavy atom. The Labute approximate surface area is 186 Å². The van der Waals surface area contributed by atoms with Crippen LogP contribution in [-0.4, -0.2) is 31.2 Å². The maximum Gasteiger partial charge on any atom is 0.296 e. The number of aliphatic hydroxyl groups is 1. The van der Waals surface area contributed by atoms with Gasteiger partial charge in [0.25, 0.3) is 5.91 Å². The normalized spacial score (nSPS) is 11.4. The molecule has 2 aromatic heterocycles. The molecule has 7 heteroatoms. The van der Waals surface area contributed by atoms with E-state index in [-0.39, 0.29) is 5.82 Å². The third kappa shape index (κ3) is 4.90. The van der Waals surface area contributed by atoms with E-state index in [1.54, 1.807) is 26.1 Å². The van der Waals surface area contributed by atoms with Crippen molar-refractivity contribution in [3.05, 3.63) is 95.2 Å². The minimum atomic E-state index is -0.949. The molecule has 3 N–H and O–H groups in total. The number of carbonyl (C=O) groups is 1. The van der Waals surface area contributed by atoms with Crippen molar-refractivity contribution in [1.82, 2.24) is 20.2 Å². The number of aromatic nitrogens is 4. The number of benzene rings is 2. The number of aryl methyl sites for hydroxylation is 1. The lowest BCUT2D eigenvalue weighted by atomic mass is 9.92. The van der Waals surface area contributed by atoms with E-state index in [4.69, 9.17) is 0 Å². The van der Waals surface area contributed by atoms with Crippen molar-refractivity contribution in [2.75, 3.05) is 5.32 Å². The second-order valence-corrected chi connectivity index (χ2v) is 8.24. The van der Waals surface area contributed by atoms with Crippen molar-refractivity contribution in [2.45, 2.75) is 32.8 Å². The van der Waals surface area contributed by atoms with Crippen LogP contribution in [0.3, 0.4) is 0 Å². The van der Waals surface area contributed by atoms with Crippen LogP contribution >= 0.6 is 0 Å². The van der Waals surface area contributed by atoms with Gasteiger partial charge >= 0.3 is 0 Å². The first-order chi connectivity index (χ1) is 15.3. The van der Waals surface area contributed by atoms with E-state index >= 15 is 0 Å². The van der Waals surface area contributed by atoms with Gasteiger partial charge in [0.05, 0.1) is 5.60 Å². The zero-order valence-corrected chi connectivity index (χ0v) is 18.3. The summed E-state index contributed by atoms with van der Waals surface area (Å²) in [4.78, 5) is 21.2. The molecule has 2 aromatic carbocycles. The van der Waals surface area contributed by atoms with Gasteiger partial charge in [-0.2, -0.15) is 0 Å². The largest absolute Gasteiger partial charge is 0.386 e. The molecule has 0 unspecified atom stereocenters. The van der Waals surface area contributed by atoms with E-state index in [9.17, 15) is 9.90 Å². The molecule has 0 aliphatic heterocycles. The Morgan fingerprint density at radius 2 is 1.88 bits per heavy atom. The van der Waals surface area contributed by atoms with Crippen LogP contribution in [0.1, 0.15) is 47.0 Å².